The number of thioether (sulfide) groups is 1. The first-order valence-corrected chi connectivity index (χ1v) is 19.7. The van der Waals surface area contributed by atoms with Gasteiger partial charge in [-0.2, -0.15) is 59.5 Å². The Morgan fingerprint density at radius 2 is 0.873 bits per heavy atom. The molecule has 0 aliphatic heterocycles. The van der Waals surface area contributed by atoms with Crippen molar-refractivity contribution in [2.75, 3.05) is 73.8 Å². The average Bonchev–Trinajstić information content (AvgIpc) is 3.13. The third kappa shape index (κ3) is 61.3. The average molecular weight is 843 g/mol. The van der Waals surface area contributed by atoms with E-state index >= 15 is 0 Å². The molecule has 328 valence electrons. The molecular weight excluding hydrogens is 769 g/mol. The summed E-state index contributed by atoms with van der Waals surface area (Å²) in [4.78, 5) is 1.98. The Morgan fingerprint density at radius 3 is 1.11 bits per heavy atom. The van der Waals surface area contributed by atoms with Crippen molar-refractivity contribution < 1.29 is 45.0 Å². The fourth-order valence-electron chi connectivity index (χ4n) is 3.09. The molecule has 4 nitrogen and oxygen atoms in total. The molecule has 0 fully saturated rings. The molecule has 0 saturated heterocycles. The van der Waals surface area contributed by atoms with Crippen LogP contribution >= 0.6 is 24.4 Å². The predicted octanol–water partition coefficient (Wildman–Crippen LogP) is 13.9. The van der Waals surface area contributed by atoms with Gasteiger partial charge in [0.05, 0.1) is 6.61 Å². The second-order valence-corrected chi connectivity index (χ2v) is 13.0. The van der Waals surface area contributed by atoms with Crippen molar-refractivity contribution >= 4 is 24.4 Å². The summed E-state index contributed by atoms with van der Waals surface area (Å²) in [5, 5.41) is 9.75. The predicted molar refractivity (Wildman–Crippen MR) is 230 cm³/mol. The number of hydrogen-bond acceptors (Lipinski definition) is 6. The monoisotopic (exact) mass is 843 g/mol. The second-order valence-electron chi connectivity index (χ2n) is 12.1. The highest BCUT2D eigenvalue weighted by Crippen LogP contribution is 2.19. The number of aliphatic hydroxyl groups is 1. The molecule has 14 heteroatoms. The maximum atomic E-state index is 12.0. The van der Waals surface area contributed by atoms with E-state index in [9.17, 15) is 35.1 Å². The topological polar surface area (TPSA) is 44.7 Å². The van der Waals surface area contributed by atoms with Gasteiger partial charge in [-0.3, -0.25) is 0 Å². The molecule has 0 heterocycles. The van der Waals surface area contributed by atoms with Crippen LogP contribution in [0, 0.1) is 0 Å². The van der Waals surface area contributed by atoms with Gasteiger partial charge in [-0.25, -0.2) is 0 Å². The van der Waals surface area contributed by atoms with Gasteiger partial charge in [-0.05, 0) is 148 Å². The number of halogens is 8. The van der Waals surface area contributed by atoms with Crippen LogP contribution in [0.1, 0.15) is 92.4 Å². The van der Waals surface area contributed by atoms with E-state index in [1.165, 1.54) is 27.7 Å². The Kier molecular flexibility index (Phi) is 61.4. The zero-order chi connectivity index (χ0) is 45.1. The molecule has 0 aromatic heterocycles. The Labute approximate surface area is 340 Å². The standard InChI is InChI=1S/C10H17F2N.C9H14F2O.C9H14F2S.C9H14F2.C2H7N.CH4O.CH4S/c1-8(7-13(3)4)5-6-9(2)10(11)12;2*1-7(6-12-3)4-5-8(2)9(10)11;1-4-7(2)5-6-8(3)9(10)11;1-3-2;2*1-2/h1,5-7H2,2-4H3;2*1,4-6H2,2-3H3;2,4-6H2,1,3H3;3H,1-2H3;2*2H,1H3. The lowest BCUT2D eigenvalue weighted by Crippen LogP contribution is -2.14. The lowest BCUT2D eigenvalue weighted by atomic mass is 10.1. The number of ether oxygens (including phenoxy) is 1. The largest absolute Gasteiger partial charge is 0.400 e. The van der Waals surface area contributed by atoms with Gasteiger partial charge in [0.2, 0.25) is 0 Å². The van der Waals surface area contributed by atoms with E-state index in [1.807, 2.05) is 46.3 Å². The highest BCUT2D eigenvalue weighted by Gasteiger charge is 2.04. The van der Waals surface area contributed by atoms with Crippen LogP contribution in [0.4, 0.5) is 35.1 Å². The molecule has 0 unspecified atom stereocenters. The highest BCUT2D eigenvalue weighted by atomic mass is 32.2. The van der Waals surface area contributed by atoms with Crippen molar-refractivity contribution in [3.05, 3.63) is 95.2 Å². The summed E-state index contributed by atoms with van der Waals surface area (Å²) in [5.74, 6) is 0.862. The summed E-state index contributed by atoms with van der Waals surface area (Å²) in [7, 11) is 10.2. The zero-order valence-electron chi connectivity index (χ0n) is 36.0. The van der Waals surface area contributed by atoms with E-state index in [4.69, 9.17) is 9.84 Å². The van der Waals surface area contributed by atoms with Crippen molar-refractivity contribution in [3.63, 3.8) is 0 Å². The van der Waals surface area contributed by atoms with Crippen molar-refractivity contribution in [3.8, 4) is 0 Å². The van der Waals surface area contributed by atoms with Crippen LogP contribution in [0.2, 0.25) is 0 Å². The summed E-state index contributed by atoms with van der Waals surface area (Å²) in [6.07, 6.45) is 2.52. The summed E-state index contributed by atoms with van der Waals surface area (Å²) in [6.45, 7) is 24.0. The minimum absolute atomic E-state index is 0.132. The Morgan fingerprint density at radius 1 is 0.600 bits per heavy atom. The summed E-state index contributed by atoms with van der Waals surface area (Å²) >= 11 is 5.19. The minimum Gasteiger partial charge on any atom is -0.400 e. The number of likely N-dealkylation sites (N-methyl/N-ethyl adjacent to an activating group) is 1. The summed E-state index contributed by atoms with van der Waals surface area (Å²) < 4.78 is 100. The molecule has 55 heavy (non-hydrogen) atoms. The smallest absolute Gasteiger partial charge is 0.269 e. The van der Waals surface area contributed by atoms with Crippen LogP contribution in [0.25, 0.3) is 0 Å². The maximum absolute atomic E-state index is 12.0. The number of rotatable bonds is 19. The van der Waals surface area contributed by atoms with Gasteiger partial charge in [0, 0.05) is 26.5 Å². The quantitative estimate of drug-likeness (QED) is 0.0687. The van der Waals surface area contributed by atoms with E-state index in [0.29, 0.717) is 58.0 Å². The number of methoxy groups -OCH3 is 1. The van der Waals surface area contributed by atoms with Crippen molar-refractivity contribution in [1.29, 1.82) is 0 Å². The molecule has 0 aliphatic carbocycles. The first-order valence-electron chi connectivity index (χ1n) is 17.4. The van der Waals surface area contributed by atoms with Gasteiger partial charge in [-0.1, -0.05) is 55.5 Å². The van der Waals surface area contributed by atoms with Crippen LogP contribution in [0.15, 0.2) is 95.2 Å². The van der Waals surface area contributed by atoms with E-state index in [-0.39, 0.29) is 22.3 Å². The van der Waals surface area contributed by atoms with Crippen LogP contribution < -0.4 is 5.32 Å². The fraction of sp³-hybridized carbons (Fsp3) is 0.610. The Hall–Kier alpha value is -2.10. The van der Waals surface area contributed by atoms with Crippen LogP contribution in [-0.2, 0) is 4.74 Å². The molecule has 0 aliphatic rings. The lowest BCUT2D eigenvalue weighted by Gasteiger charge is -2.11. The number of thiol groups is 1. The fourth-order valence-corrected chi connectivity index (χ4v) is 3.64. The number of aliphatic hydroxyl groups excluding tert-OH is 1. The van der Waals surface area contributed by atoms with Crippen LogP contribution in [0.5, 0.6) is 0 Å². The van der Waals surface area contributed by atoms with Gasteiger partial charge in [0.1, 0.15) is 0 Å². The van der Waals surface area contributed by atoms with E-state index in [1.54, 1.807) is 25.1 Å². The molecule has 0 aromatic carbocycles. The van der Waals surface area contributed by atoms with Gasteiger partial charge < -0.3 is 20.1 Å². The molecule has 0 aromatic rings. The molecule has 0 bridgehead atoms. The SMILES string of the molecule is C=C(CC)CCC(C)=C(F)F.C=C(CCC(C)=C(F)F)CN(C)C.C=C(CCC(C)=C(F)F)COC.C=C(CCC(C)=C(F)F)CSC.CNC.CO.CS. The molecule has 0 atom stereocenters. The minimum atomic E-state index is -1.58. The number of hydrogen-bond donors (Lipinski definition) is 3. The van der Waals surface area contributed by atoms with E-state index in [0.717, 1.165) is 48.1 Å². The third-order valence-electron chi connectivity index (χ3n) is 6.44. The normalized spacial score (nSPS) is 9.09. The molecule has 0 amide bonds. The summed E-state index contributed by atoms with van der Waals surface area (Å²) in [6, 6.07) is 0. The summed E-state index contributed by atoms with van der Waals surface area (Å²) in [5.41, 5.74) is 4.56. The van der Waals surface area contributed by atoms with E-state index in [2.05, 4.69) is 44.3 Å². The molecular formula is C41H74F8N2O2S2. The van der Waals surface area contributed by atoms with Crippen molar-refractivity contribution in [2.45, 2.75) is 92.4 Å². The highest BCUT2D eigenvalue weighted by molar-refractivity contribution is 7.98. The van der Waals surface area contributed by atoms with Gasteiger partial charge >= 0.3 is 0 Å². The van der Waals surface area contributed by atoms with E-state index < -0.39 is 24.3 Å². The number of nitrogens with one attached hydrogen (secondary N) is 1. The maximum Gasteiger partial charge on any atom is 0.269 e. The van der Waals surface area contributed by atoms with Crippen LogP contribution in [-0.4, -0.2) is 83.8 Å². The van der Waals surface area contributed by atoms with Gasteiger partial charge in [-0.15, -0.1) is 0 Å². The number of nitrogens with zero attached hydrogens (tertiary/aromatic N) is 1. The van der Waals surface area contributed by atoms with Gasteiger partial charge in [0.15, 0.2) is 0 Å². The lowest BCUT2D eigenvalue weighted by molar-refractivity contribution is 0.223. The second kappa shape index (κ2) is 49.9. The third-order valence-corrected chi connectivity index (χ3v) is 7.14. The molecule has 0 rings (SSSR count). The zero-order valence-corrected chi connectivity index (χ0v) is 37.7. The first-order chi connectivity index (χ1) is 25.6. The molecule has 2 N–H and O–H groups in total. The Bertz CT molecular complexity index is 1070. The van der Waals surface area contributed by atoms with Gasteiger partial charge in [0.25, 0.3) is 24.3 Å². The number of allylic oxidation sites excluding steroid dienone is 5. The Balaban J connectivity index is -0.000000106. The molecule has 0 spiro atoms. The van der Waals surface area contributed by atoms with Crippen molar-refractivity contribution in [1.82, 2.24) is 10.2 Å². The van der Waals surface area contributed by atoms with Crippen molar-refractivity contribution in [2.24, 2.45) is 0 Å². The van der Waals surface area contributed by atoms with Crippen LogP contribution in [0.3, 0.4) is 0 Å². The first kappa shape index (κ1) is 67.6. The molecule has 0 saturated carbocycles. The molecule has 0 radical (unpaired) electrons.